The molecule has 0 saturated carbocycles. The van der Waals surface area contributed by atoms with E-state index in [1.807, 2.05) is 12.1 Å². The number of esters is 1. The van der Waals surface area contributed by atoms with Crippen LogP contribution in [0.1, 0.15) is 24.2 Å². The molecule has 2 aromatic rings. The first-order chi connectivity index (χ1) is 9.60. The fourth-order valence-electron chi connectivity index (χ4n) is 1.54. The maximum atomic E-state index is 11.9. The van der Waals surface area contributed by atoms with Crippen LogP contribution >= 0.6 is 38.6 Å². The van der Waals surface area contributed by atoms with Gasteiger partial charge in [0.15, 0.2) is 0 Å². The van der Waals surface area contributed by atoms with Crippen LogP contribution in [0.4, 0.5) is 0 Å². The summed E-state index contributed by atoms with van der Waals surface area (Å²) in [6.45, 7) is 0.567. The van der Waals surface area contributed by atoms with Crippen LogP contribution in [-0.4, -0.2) is 25.5 Å². The van der Waals surface area contributed by atoms with Gasteiger partial charge in [-0.2, -0.15) is 0 Å². The number of carbonyl (C=O) groups excluding carboxylic acids is 2. The van der Waals surface area contributed by atoms with Gasteiger partial charge in [0.1, 0.15) is 4.88 Å². The Morgan fingerprint density at radius 1 is 1.20 bits per heavy atom. The van der Waals surface area contributed by atoms with Gasteiger partial charge in [0.25, 0.3) is 5.91 Å². The highest BCUT2D eigenvalue weighted by atomic mass is 79.9. The van der Waals surface area contributed by atoms with Crippen LogP contribution < -0.4 is 5.32 Å². The second kappa shape index (κ2) is 7.01. The van der Waals surface area contributed by atoms with Gasteiger partial charge >= 0.3 is 5.97 Å². The molecule has 0 atom stereocenters. The molecule has 1 amide bonds. The summed E-state index contributed by atoms with van der Waals surface area (Å²) in [6.07, 6.45) is 0.789. The first kappa shape index (κ1) is 15.2. The Kier molecular flexibility index (Phi) is 5.33. The molecule has 0 fully saturated rings. The molecular formula is C13H12BrNO3S2. The van der Waals surface area contributed by atoms with Crippen molar-refractivity contribution in [1.82, 2.24) is 5.32 Å². The normalized spacial score (nSPS) is 10.3. The minimum atomic E-state index is -0.419. The van der Waals surface area contributed by atoms with Crippen molar-refractivity contribution in [1.29, 1.82) is 0 Å². The highest BCUT2D eigenvalue weighted by Gasteiger charge is 2.13. The van der Waals surface area contributed by atoms with Gasteiger partial charge in [-0.15, -0.1) is 22.7 Å². The van der Waals surface area contributed by atoms with E-state index in [-0.39, 0.29) is 5.91 Å². The number of nitrogens with one attached hydrogen (secondary N) is 1. The summed E-state index contributed by atoms with van der Waals surface area (Å²) in [6, 6.07) is 7.25. The predicted octanol–water partition coefficient (Wildman–Crippen LogP) is 3.33. The average Bonchev–Trinajstić information content (AvgIpc) is 3.07. The van der Waals surface area contributed by atoms with Crippen LogP contribution in [0.2, 0.25) is 0 Å². The fraction of sp³-hybridized carbons (Fsp3) is 0.231. The lowest BCUT2D eigenvalue weighted by atomic mass is 10.3. The van der Waals surface area contributed by atoms with Gasteiger partial charge in [-0.05, 0) is 46.6 Å². The van der Waals surface area contributed by atoms with Crippen molar-refractivity contribution in [3.63, 3.8) is 0 Å². The minimum Gasteiger partial charge on any atom is -0.465 e. The second-order valence-corrected chi connectivity index (χ2v) is 7.50. The van der Waals surface area contributed by atoms with Crippen LogP contribution in [0.5, 0.6) is 0 Å². The Balaban J connectivity index is 1.85. The van der Waals surface area contributed by atoms with Crippen LogP contribution in [0.15, 0.2) is 28.1 Å². The van der Waals surface area contributed by atoms with E-state index in [0.29, 0.717) is 16.3 Å². The molecule has 1 N–H and O–H groups in total. The molecule has 0 aliphatic heterocycles. The summed E-state index contributed by atoms with van der Waals surface area (Å²) >= 11 is 6.19. The molecule has 0 bridgehead atoms. The van der Waals surface area contributed by atoms with Crippen molar-refractivity contribution in [3.05, 3.63) is 42.7 Å². The van der Waals surface area contributed by atoms with E-state index in [1.54, 1.807) is 23.5 Å². The van der Waals surface area contributed by atoms with E-state index in [2.05, 4.69) is 26.0 Å². The van der Waals surface area contributed by atoms with Crippen LogP contribution in [0.3, 0.4) is 0 Å². The topological polar surface area (TPSA) is 55.4 Å². The van der Waals surface area contributed by atoms with Gasteiger partial charge in [0, 0.05) is 11.4 Å². The van der Waals surface area contributed by atoms with Crippen molar-refractivity contribution in [2.75, 3.05) is 13.7 Å². The lowest BCUT2D eigenvalue weighted by molar-refractivity contribution is 0.0606. The Morgan fingerprint density at radius 2 is 1.95 bits per heavy atom. The van der Waals surface area contributed by atoms with E-state index in [9.17, 15) is 9.59 Å². The highest BCUT2D eigenvalue weighted by molar-refractivity contribution is 9.11. The van der Waals surface area contributed by atoms with Crippen molar-refractivity contribution in [3.8, 4) is 0 Å². The molecule has 0 aliphatic carbocycles. The Morgan fingerprint density at radius 3 is 2.60 bits per heavy atom. The summed E-state index contributed by atoms with van der Waals surface area (Å²) in [7, 11) is 1.32. The summed E-state index contributed by atoms with van der Waals surface area (Å²) in [5.74, 6) is -0.585. The molecule has 106 valence electrons. The van der Waals surface area contributed by atoms with Crippen molar-refractivity contribution >= 4 is 50.5 Å². The van der Waals surface area contributed by atoms with Crippen molar-refractivity contribution in [2.24, 2.45) is 0 Å². The number of ether oxygens (including phenoxy) is 1. The lowest BCUT2D eigenvalue weighted by Gasteiger charge is -2.01. The molecule has 0 saturated heterocycles. The summed E-state index contributed by atoms with van der Waals surface area (Å²) in [4.78, 5) is 25.4. The number of methoxy groups -OCH3 is 1. The quantitative estimate of drug-likeness (QED) is 0.817. The van der Waals surface area contributed by atoms with E-state index >= 15 is 0 Å². The zero-order chi connectivity index (χ0) is 14.5. The van der Waals surface area contributed by atoms with Gasteiger partial charge < -0.3 is 10.1 Å². The Hall–Kier alpha value is -1.18. The maximum Gasteiger partial charge on any atom is 0.348 e. The lowest BCUT2D eigenvalue weighted by Crippen LogP contribution is -2.24. The van der Waals surface area contributed by atoms with E-state index in [4.69, 9.17) is 0 Å². The third-order valence-electron chi connectivity index (χ3n) is 2.50. The van der Waals surface area contributed by atoms with Crippen molar-refractivity contribution < 1.29 is 14.3 Å². The van der Waals surface area contributed by atoms with Crippen LogP contribution in [0.25, 0.3) is 0 Å². The van der Waals surface area contributed by atoms with Gasteiger partial charge in [-0.3, -0.25) is 4.79 Å². The molecule has 20 heavy (non-hydrogen) atoms. The molecule has 2 aromatic heterocycles. The monoisotopic (exact) mass is 373 g/mol. The number of carbonyl (C=O) groups is 2. The standard InChI is InChI=1S/C13H12BrNO3S2/c1-18-13(17)10-4-3-9(20-10)12(16)15-7-6-8-2-5-11(14)19-8/h2-5H,6-7H2,1H3,(H,15,16). The highest BCUT2D eigenvalue weighted by Crippen LogP contribution is 2.22. The molecule has 0 aliphatic rings. The van der Waals surface area contributed by atoms with Crippen LogP contribution in [0, 0.1) is 0 Å². The zero-order valence-electron chi connectivity index (χ0n) is 10.6. The Bertz CT molecular complexity index is 621. The Labute approximate surface area is 132 Å². The van der Waals surface area contributed by atoms with Crippen molar-refractivity contribution in [2.45, 2.75) is 6.42 Å². The second-order valence-electron chi connectivity index (χ2n) is 3.87. The summed E-state index contributed by atoms with van der Waals surface area (Å²) < 4.78 is 5.69. The number of thiophene rings is 2. The van der Waals surface area contributed by atoms with E-state index < -0.39 is 5.97 Å². The number of rotatable bonds is 5. The number of halogens is 1. The molecule has 0 spiro atoms. The number of hydrogen-bond donors (Lipinski definition) is 1. The summed E-state index contributed by atoms with van der Waals surface area (Å²) in [5, 5.41) is 2.84. The molecule has 0 unspecified atom stereocenters. The first-order valence-electron chi connectivity index (χ1n) is 5.80. The molecule has 0 aromatic carbocycles. The van der Waals surface area contributed by atoms with Gasteiger partial charge in [-0.25, -0.2) is 4.79 Å². The van der Waals surface area contributed by atoms with Crippen LogP contribution in [-0.2, 0) is 11.2 Å². The fourth-order valence-corrected chi connectivity index (χ4v) is 3.87. The minimum absolute atomic E-state index is 0.166. The molecule has 7 heteroatoms. The summed E-state index contributed by atoms with van der Waals surface area (Å²) in [5.41, 5.74) is 0. The first-order valence-corrected chi connectivity index (χ1v) is 8.23. The van der Waals surface area contributed by atoms with E-state index in [0.717, 1.165) is 21.5 Å². The average molecular weight is 374 g/mol. The maximum absolute atomic E-state index is 11.9. The molecular weight excluding hydrogens is 362 g/mol. The third kappa shape index (κ3) is 3.91. The smallest absolute Gasteiger partial charge is 0.348 e. The molecule has 2 heterocycles. The molecule has 4 nitrogen and oxygen atoms in total. The zero-order valence-corrected chi connectivity index (χ0v) is 13.9. The molecule has 2 rings (SSSR count). The van der Waals surface area contributed by atoms with Gasteiger partial charge in [-0.1, -0.05) is 0 Å². The largest absolute Gasteiger partial charge is 0.465 e. The SMILES string of the molecule is COC(=O)c1ccc(C(=O)NCCc2ccc(Br)s2)s1. The van der Waals surface area contributed by atoms with Gasteiger partial charge in [0.2, 0.25) is 0 Å². The van der Waals surface area contributed by atoms with E-state index in [1.165, 1.54) is 12.0 Å². The number of hydrogen-bond acceptors (Lipinski definition) is 5. The predicted molar refractivity (Wildman–Crippen MR) is 83.7 cm³/mol. The third-order valence-corrected chi connectivity index (χ3v) is 5.25. The molecule has 0 radical (unpaired) electrons. The number of amides is 1. The van der Waals surface area contributed by atoms with Gasteiger partial charge in [0.05, 0.1) is 15.8 Å².